The summed E-state index contributed by atoms with van der Waals surface area (Å²) in [7, 11) is -0.761. The Morgan fingerprint density at radius 2 is 1.81 bits per heavy atom. The summed E-state index contributed by atoms with van der Waals surface area (Å²) in [6.07, 6.45) is 5.03. The van der Waals surface area contributed by atoms with Gasteiger partial charge in [0.15, 0.2) is 11.5 Å². The molecule has 1 N–H and O–H groups in total. The van der Waals surface area contributed by atoms with E-state index in [1.54, 1.807) is 30.7 Å². The van der Waals surface area contributed by atoms with E-state index in [2.05, 4.69) is 14.7 Å². The lowest BCUT2D eigenvalue weighted by Gasteiger charge is -2.11. The van der Waals surface area contributed by atoms with Crippen LogP contribution in [-0.4, -0.2) is 32.6 Å². The average molecular weight is 385 g/mol. The molecule has 0 saturated carbocycles. The van der Waals surface area contributed by atoms with E-state index in [0.29, 0.717) is 11.5 Å². The second-order valence-electron chi connectivity index (χ2n) is 5.63. The van der Waals surface area contributed by atoms with Gasteiger partial charge in [-0.3, -0.25) is 9.97 Å². The Morgan fingerprint density at radius 3 is 2.52 bits per heavy atom. The van der Waals surface area contributed by atoms with Crippen molar-refractivity contribution >= 4 is 10.0 Å². The minimum Gasteiger partial charge on any atom is -0.493 e. The average Bonchev–Trinajstić information content (AvgIpc) is 2.72. The van der Waals surface area contributed by atoms with E-state index < -0.39 is 10.0 Å². The molecule has 3 aromatic rings. The molecule has 0 aliphatic heterocycles. The smallest absolute Gasteiger partial charge is 0.241 e. The van der Waals surface area contributed by atoms with Gasteiger partial charge in [0.05, 0.1) is 24.8 Å². The van der Waals surface area contributed by atoms with Crippen LogP contribution in [0.3, 0.4) is 0 Å². The summed E-state index contributed by atoms with van der Waals surface area (Å²) in [6, 6.07) is 11.8. The van der Waals surface area contributed by atoms with Crippen LogP contribution in [0.5, 0.6) is 11.5 Å². The summed E-state index contributed by atoms with van der Waals surface area (Å²) in [5.74, 6) is 0.815. The Balaban J connectivity index is 1.78. The first-order valence-electron chi connectivity index (χ1n) is 8.10. The van der Waals surface area contributed by atoms with Crippen LogP contribution in [0.1, 0.15) is 5.56 Å². The lowest BCUT2D eigenvalue weighted by molar-refractivity contribution is 0.354. The molecule has 27 heavy (non-hydrogen) atoms. The number of aromatic nitrogens is 2. The molecule has 0 bridgehead atoms. The molecule has 2 aromatic heterocycles. The summed E-state index contributed by atoms with van der Waals surface area (Å²) < 4.78 is 38.1. The lowest BCUT2D eigenvalue weighted by Crippen LogP contribution is -2.23. The second kappa shape index (κ2) is 8.15. The Hall–Kier alpha value is -2.97. The fourth-order valence-electron chi connectivity index (χ4n) is 2.50. The molecule has 0 aliphatic carbocycles. The van der Waals surface area contributed by atoms with E-state index in [4.69, 9.17) is 9.47 Å². The van der Waals surface area contributed by atoms with Gasteiger partial charge in [-0.2, -0.15) is 0 Å². The van der Waals surface area contributed by atoms with Crippen molar-refractivity contribution in [2.75, 3.05) is 14.2 Å². The molecular formula is C19H19N3O4S. The largest absolute Gasteiger partial charge is 0.493 e. The van der Waals surface area contributed by atoms with Gasteiger partial charge in [0.1, 0.15) is 0 Å². The zero-order valence-corrected chi connectivity index (χ0v) is 15.7. The van der Waals surface area contributed by atoms with Crippen molar-refractivity contribution in [1.82, 2.24) is 14.7 Å². The Bertz CT molecular complexity index is 1020. The number of nitrogens with one attached hydrogen (secondary N) is 1. The number of nitrogens with zero attached hydrogens (tertiary/aromatic N) is 2. The van der Waals surface area contributed by atoms with Gasteiger partial charge in [0, 0.05) is 36.8 Å². The first-order valence-corrected chi connectivity index (χ1v) is 9.59. The predicted octanol–water partition coefficient (Wildman–Crippen LogP) is 2.64. The van der Waals surface area contributed by atoms with E-state index in [-0.39, 0.29) is 11.4 Å². The fourth-order valence-corrected chi connectivity index (χ4v) is 3.53. The number of benzene rings is 1. The third-order valence-corrected chi connectivity index (χ3v) is 5.31. The molecule has 3 rings (SSSR count). The van der Waals surface area contributed by atoms with Gasteiger partial charge in [-0.15, -0.1) is 0 Å². The molecule has 0 aliphatic rings. The van der Waals surface area contributed by atoms with Crippen LogP contribution in [0.2, 0.25) is 0 Å². The molecule has 2 heterocycles. The molecule has 0 amide bonds. The minimum absolute atomic E-state index is 0.0988. The monoisotopic (exact) mass is 385 g/mol. The van der Waals surface area contributed by atoms with Crippen LogP contribution < -0.4 is 14.2 Å². The number of methoxy groups -OCH3 is 2. The van der Waals surface area contributed by atoms with E-state index in [0.717, 1.165) is 16.8 Å². The molecule has 0 fully saturated rings. The number of pyridine rings is 2. The SMILES string of the molecule is COc1ccc(S(=O)(=O)NCc2ccnc(-c3cccnc3)c2)cc1OC. The van der Waals surface area contributed by atoms with Crippen molar-refractivity contribution < 1.29 is 17.9 Å². The highest BCUT2D eigenvalue weighted by Gasteiger charge is 2.17. The van der Waals surface area contributed by atoms with Gasteiger partial charge in [0.25, 0.3) is 0 Å². The Labute approximate surface area is 158 Å². The number of rotatable bonds is 7. The summed E-state index contributed by atoms with van der Waals surface area (Å²) >= 11 is 0. The molecule has 7 nitrogen and oxygen atoms in total. The number of hydrogen-bond acceptors (Lipinski definition) is 6. The van der Waals surface area contributed by atoms with Gasteiger partial charge >= 0.3 is 0 Å². The highest BCUT2D eigenvalue weighted by atomic mass is 32.2. The first-order chi connectivity index (χ1) is 13.0. The Morgan fingerprint density at radius 1 is 1.00 bits per heavy atom. The van der Waals surface area contributed by atoms with Crippen LogP contribution in [0.25, 0.3) is 11.3 Å². The van der Waals surface area contributed by atoms with Crippen LogP contribution in [-0.2, 0) is 16.6 Å². The van der Waals surface area contributed by atoms with Gasteiger partial charge in [-0.25, -0.2) is 13.1 Å². The fraction of sp³-hybridized carbons (Fsp3) is 0.158. The number of hydrogen-bond donors (Lipinski definition) is 1. The lowest BCUT2D eigenvalue weighted by atomic mass is 10.1. The van der Waals surface area contributed by atoms with Gasteiger partial charge in [-0.1, -0.05) is 0 Å². The standard InChI is InChI=1S/C19H19N3O4S/c1-25-18-6-5-16(11-19(18)26-2)27(23,24)22-12-14-7-9-21-17(10-14)15-4-3-8-20-13-15/h3-11,13,22H,12H2,1-2H3. The van der Waals surface area contributed by atoms with E-state index >= 15 is 0 Å². The van der Waals surface area contributed by atoms with Crippen molar-refractivity contribution in [2.45, 2.75) is 11.4 Å². The number of ether oxygens (including phenoxy) is 2. The van der Waals surface area contributed by atoms with Crippen LogP contribution in [0.4, 0.5) is 0 Å². The summed E-state index contributed by atoms with van der Waals surface area (Å²) in [6.45, 7) is 0.131. The molecular weight excluding hydrogens is 366 g/mol. The number of sulfonamides is 1. The van der Waals surface area contributed by atoms with Gasteiger partial charge < -0.3 is 9.47 Å². The van der Waals surface area contributed by atoms with Crippen molar-refractivity contribution in [3.05, 3.63) is 66.6 Å². The maximum Gasteiger partial charge on any atom is 0.241 e. The van der Waals surface area contributed by atoms with Crippen molar-refractivity contribution in [3.63, 3.8) is 0 Å². The maximum absolute atomic E-state index is 12.6. The predicted molar refractivity (Wildman–Crippen MR) is 101 cm³/mol. The van der Waals surface area contributed by atoms with E-state index in [1.165, 1.54) is 26.4 Å². The Kier molecular flexibility index (Phi) is 5.68. The van der Waals surface area contributed by atoms with Crippen LogP contribution >= 0.6 is 0 Å². The molecule has 0 radical (unpaired) electrons. The minimum atomic E-state index is -3.71. The highest BCUT2D eigenvalue weighted by Crippen LogP contribution is 2.29. The molecule has 140 valence electrons. The van der Waals surface area contributed by atoms with Gasteiger partial charge in [-0.05, 0) is 42.0 Å². The third kappa shape index (κ3) is 4.42. The van der Waals surface area contributed by atoms with Crippen molar-refractivity contribution in [1.29, 1.82) is 0 Å². The van der Waals surface area contributed by atoms with Crippen molar-refractivity contribution in [3.8, 4) is 22.8 Å². The zero-order chi connectivity index (χ0) is 19.3. The highest BCUT2D eigenvalue weighted by molar-refractivity contribution is 7.89. The molecule has 8 heteroatoms. The second-order valence-corrected chi connectivity index (χ2v) is 7.40. The molecule has 0 atom stereocenters. The van der Waals surface area contributed by atoms with Crippen molar-refractivity contribution in [2.24, 2.45) is 0 Å². The van der Waals surface area contributed by atoms with Gasteiger partial charge in [0.2, 0.25) is 10.0 Å². The first kappa shape index (κ1) is 18.8. The molecule has 0 spiro atoms. The maximum atomic E-state index is 12.6. The molecule has 0 unspecified atom stereocenters. The topological polar surface area (TPSA) is 90.4 Å². The quantitative estimate of drug-likeness (QED) is 0.672. The molecule has 1 aromatic carbocycles. The normalized spacial score (nSPS) is 11.2. The van der Waals surface area contributed by atoms with Crippen LogP contribution in [0.15, 0.2) is 66.0 Å². The van der Waals surface area contributed by atoms with Crippen LogP contribution in [0, 0.1) is 0 Å². The summed E-state index contributed by atoms with van der Waals surface area (Å²) in [4.78, 5) is 8.48. The van der Waals surface area contributed by atoms with E-state index in [1.807, 2.05) is 18.2 Å². The summed E-state index contributed by atoms with van der Waals surface area (Å²) in [5.41, 5.74) is 2.38. The zero-order valence-electron chi connectivity index (χ0n) is 14.9. The van der Waals surface area contributed by atoms with E-state index in [9.17, 15) is 8.42 Å². The molecule has 0 saturated heterocycles. The third-order valence-electron chi connectivity index (χ3n) is 3.91. The summed E-state index contributed by atoms with van der Waals surface area (Å²) in [5, 5.41) is 0.